The summed E-state index contributed by atoms with van der Waals surface area (Å²) in [5.41, 5.74) is 2.54. The summed E-state index contributed by atoms with van der Waals surface area (Å²) in [4.78, 5) is 1.32. The van der Waals surface area contributed by atoms with Crippen molar-refractivity contribution in [2.75, 3.05) is 14.2 Å². The van der Waals surface area contributed by atoms with Gasteiger partial charge < -0.3 is 9.47 Å². The Kier molecular flexibility index (Phi) is 5.71. The minimum atomic E-state index is -0.159. The van der Waals surface area contributed by atoms with Gasteiger partial charge in [-0.15, -0.1) is 0 Å². The first-order valence-corrected chi connectivity index (χ1v) is 10.5. The molecule has 1 atom stereocenters. The van der Waals surface area contributed by atoms with Gasteiger partial charge in [0.25, 0.3) is 0 Å². The molecule has 1 aromatic heterocycles. The van der Waals surface area contributed by atoms with Crippen LogP contribution in [0.2, 0.25) is 0 Å². The van der Waals surface area contributed by atoms with Crippen LogP contribution in [0.4, 0.5) is 0 Å². The molecule has 3 heteroatoms. The lowest BCUT2D eigenvalue weighted by atomic mass is 10.1. The molecule has 1 unspecified atom stereocenters. The maximum atomic E-state index is 5.76. The van der Waals surface area contributed by atoms with Crippen molar-refractivity contribution in [1.82, 2.24) is 0 Å². The smallest absolute Gasteiger partial charge is 0.229 e. The molecular weight excluding hydrogens is 352 g/mol. The molecule has 27 heavy (non-hydrogen) atoms. The monoisotopic (exact) mass is 379 g/mol. The van der Waals surface area contributed by atoms with Crippen molar-refractivity contribution in [2.45, 2.75) is 27.7 Å². The Morgan fingerprint density at radius 2 is 1.37 bits per heavy atom. The Bertz CT molecular complexity index is 1080. The van der Waals surface area contributed by atoms with Crippen molar-refractivity contribution < 1.29 is 9.47 Å². The Labute approximate surface area is 164 Å². The zero-order chi connectivity index (χ0) is 19.6. The van der Waals surface area contributed by atoms with E-state index in [1.165, 1.54) is 36.2 Å². The lowest BCUT2D eigenvalue weighted by Gasteiger charge is -2.04. The number of ether oxygens (including phenoxy) is 2. The quantitative estimate of drug-likeness (QED) is 0.345. The Morgan fingerprint density at radius 1 is 0.704 bits per heavy atom. The SMILES string of the molecule is CC.COc1cc(OC)c2c(c1)c1cc(C)ccc1[s+]2-c1ccc(C)cc1. The third-order valence-electron chi connectivity index (χ3n) is 4.59. The van der Waals surface area contributed by atoms with Gasteiger partial charge in [-0.25, -0.2) is 0 Å². The number of hydrogen-bond acceptors (Lipinski definition) is 2. The first kappa shape index (κ1) is 19.2. The first-order valence-electron chi connectivity index (χ1n) is 9.30. The summed E-state index contributed by atoms with van der Waals surface area (Å²) < 4.78 is 13.9. The second kappa shape index (κ2) is 8.01. The highest BCUT2D eigenvalue weighted by molar-refractivity contribution is 7.50. The van der Waals surface area contributed by atoms with Crippen LogP contribution in [0, 0.1) is 13.8 Å². The fourth-order valence-electron chi connectivity index (χ4n) is 3.32. The molecule has 0 radical (unpaired) electrons. The molecule has 0 saturated carbocycles. The lowest BCUT2D eigenvalue weighted by Crippen LogP contribution is -1.87. The summed E-state index contributed by atoms with van der Waals surface area (Å²) in [7, 11) is 3.28. The van der Waals surface area contributed by atoms with Gasteiger partial charge >= 0.3 is 0 Å². The number of rotatable bonds is 3. The fraction of sp³-hybridized carbons (Fsp3) is 0.250. The molecule has 0 aliphatic heterocycles. The van der Waals surface area contributed by atoms with Gasteiger partial charge in [-0.05, 0) is 44.2 Å². The largest absolute Gasteiger partial charge is 0.497 e. The van der Waals surface area contributed by atoms with Gasteiger partial charge in [-0.3, -0.25) is 0 Å². The highest BCUT2D eigenvalue weighted by Crippen LogP contribution is 2.53. The van der Waals surface area contributed by atoms with Gasteiger partial charge in [0, 0.05) is 21.9 Å². The molecule has 0 fully saturated rings. The number of methoxy groups -OCH3 is 2. The van der Waals surface area contributed by atoms with Crippen LogP contribution in [0.3, 0.4) is 0 Å². The fourth-order valence-corrected chi connectivity index (χ4v) is 5.76. The molecule has 4 rings (SSSR count). The normalized spacial score (nSPS) is 11.3. The number of hydrogen-bond donors (Lipinski definition) is 0. The molecule has 0 amide bonds. The summed E-state index contributed by atoms with van der Waals surface area (Å²) in [6, 6.07) is 19.7. The molecule has 0 spiro atoms. The van der Waals surface area contributed by atoms with Gasteiger partial charge in [-0.1, -0.05) is 43.2 Å². The standard InChI is InChI=1S/C22H21O2S.C2H6/c1-14-5-8-17(9-6-14)25-21-10-7-15(2)11-18(21)19-12-16(23-3)13-20(24-4)22(19)25;1-2/h5-13H,1-4H3;1-2H3/q+1;. The van der Waals surface area contributed by atoms with E-state index < -0.39 is 0 Å². The van der Waals surface area contributed by atoms with E-state index in [1.807, 2.05) is 19.9 Å². The van der Waals surface area contributed by atoms with Crippen molar-refractivity contribution in [3.05, 3.63) is 65.7 Å². The average Bonchev–Trinajstić information content (AvgIpc) is 3.03. The van der Waals surface area contributed by atoms with Gasteiger partial charge in [0.2, 0.25) is 4.70 Å². The van der Waals surface area contributed by atoms with E-state index in [0.29, 0.717) is 0 Å². The summed E-state index contributed by atoms with van der Waals surface area (Å²) in [6.07, 6.45) is 0. The molecular formula is C24H27O2S+. The average molecular weight is 380 g/mol. The minimum absolute atomic E-state index is 0.159. The third kappa shape index (κ3) is 3.40. The van der Waals surface area contributed by atoms with Crippen LogP contribution in [-0.4, -0.2) is 14.2 Å². The minimum Gasteiger partial charge on any atom is -0.497 e. The van der Waals surface area contributed by atoms with E-state index in [0.717, 1.165) is 11.5 Å². The summed E-state index contributed by atoms with van der Waals surface area (Å²) in [5.74, 6) is 1.73. The van der Waals surface area contributed by atoms with Crippen molar-refractivity contribution in [1.29, 1.82) is 0 Å². The number of benzene rings is 3. The highest BCUT2D eigenvalue weighted by atomic mass is 32.2. The third-order valence-corrected chi connectivity index (χ3v) is 6.96. The molecule has 140 valence electrons. The predicted molar refractivity (Wildman–Crippen MR) is 119 cm³/mol. The van der Waals surface area contributed by atoms with E-state index in [-0.39, 0.29) is 10.5 Å². The van der Waals surface area contributed by atoms with E-state index in [9.17, 15) is 0 Å². The van der Waals surface area contributed by atoms with Crippen LogP contribution in [0.5, 0.6) is 11.5 Å². The van der Waals surface area contributed by atoms with Gasteiger partial charge in [0.15, 0.2) is 15.3 Å². The Balaban J connectivity index is 0.00000102. The molecule has 1 heterocycles. The zero-order valence-electron chi connectivity index (χ0n) is 16.9. The highest BCUT2D eigenvalue weighted by Gasteiger charge is 2.28. The molecule has 0 aliphatic rings. The zero-order valence-corrected chi connectivity index (χ0v) is 17.7. The second-order valence-corrected chi connectivity index (χ2v) is 8.26. The van der Waals surface area contributed by atoms with E-state index in [2.05, 4.69) is 62.4 Å². The van der Waals surface area contributed by atoms with Crippen LogP contribution in [0.1, 0.15) is 25.0 Å². The molecule has 0 saturated heterocycles. The van der Waals surface area contributed by atoms with Crippen molar-refractivity contribution >= 4 is 30.6 Å². The molecule has 3 aromatic carbocycles. The summed E-state index contributed by atoms with van der Waals surface area (Å²) in [5, 5.41) is 2.51. The topological polar surface area (TPSA) is 18.5 Å². The van der Waals surface area contributed by atoms with Crippen LogP contribution in [-0.2, 0) is 0 Å². The second-order valence-electron chi connectivity index (χ2n) is 6.33. The van der Waals surface area contributed by atoms with Gasteiger partial charge in [0.1, 0.15) is 5.75 Å². The maximum Gasteiger partial charge on any atom is 0.229 e. The van der Waals surface area contributed by atoms with E-state index in [1.54, 1.807) is 14.2 Å². The maximum absolute atomic E-state index is 5.76. The molecule has 2 nitrogen and oxygen atoms in total. The van der Waals surface area contributed by atoms with Gasteiger partial charge in [-0.2, -0.15) is 0 Å². The van der Waals surface area contributed by atoms with Crippen molar-refractivity contribution in [2.24, 2.45) is 0 Å². The van der Waals surface area contributed by atoms with Gasteiger partial charge in [0.05, 0.1) is 19.6 Å². The summed E-state index contributed by atoms with van der Waals surface area (Å²) in [6.45, 7) is 8.26. The molecule has 0 aliphatic carbocycles. The number of fused-ring (bicyclic) bond motifs is 3. The first-order chi connectivity index (χ1) is 13.1. The van der Waals surface area contributed by atoms with Crippen molar-refractivity contribution in [3.8, 4) is 16.4 Å². The van der Waals surface area contributed by atoms with Crippen LogP contribution in [0.25, 0.3) is 25.1 Å². The lowest BCUT2D eigenvalue weighted by molar-refractivity contribution is 0.398. The van der Waals surface area contributed by atoms with Crippen LogP contribution >= 0.6 is 10.5 Å². The molecule has 0 N–H and O–H groups in total. The predicted octanol–water partition coefficient (Wildman–Crippen LogP) is 7.39. The van der Waals surface area contributed by atoms with E-state index >= 15 is 0 Å². The van der Waals surface area contributed by atoms with E-state index in [4.69, 9.17) is 9.47 Å². The van der Waals surface area contributed by atoms with Crippen LogP contribution in [0.15, 0.2) is 54.6 Å². The van der Waals surface area contributed by atoms with Crippen molar-refractivity contribution in [3.63, 3.8) is 0 Å². The summed E-state index contributed by atoms with van der Waals surface area (Å²) >= 11 is 0. The number of aryl methyl sites for hydroxylation is 2. The molecule has 4 aromatic rings. The number of thiophene rings is 1. The molecule has 0 bridgehead atoms. The Hall–Kier alpha value is -2.52. The Morgan fingerprint density at radius 3 is 2.00 bits per heavy atom. The van der Waals surface area contributed by atoms with Crippen LogP contribution < -0.4 is 9.47 Å².